The van der Waals surface area contributed by atoms with Crippen molar-refractivity contribution >= 4 is 0 Å². The third kappa shape index (κ3) is 1.50. The van der Waals surface area contributed by atoms with Crippen molar-refractivity contribution in [3.63, 3.8) is 0 Å². The van der Waals surface area contributed by atoms with E-state index >= 15 is 0 Å². The molecule has 1 aromatic heterocycles. The molecule has 0 bridgehead atoms. The molecule has 0 amide bonds. The van der Waals surface area contributed by atoms with Crippen molar-refractivity contribution in [2.24, 2.45) is 7.05 Å². The Balaban J connectivity index is 2.08. The number of nitrogens with zero attached hydrogens (tertiary/aromatic N) is 2. The molecule has 12 heavy (non-hydrogen) atoms. The summed E-state index contributed by atoms with van der Waals surface area (Å²) in [5.74, 6) is 0. The monoisotopic (exact) mass is 166 g/mol. The van der Waals surface area contributed by atoms with Gasteiger partial charge in [-0.3, -0.25) is 4.68 Å². The summed E-state index contributed by atoms with van der Waals surface area (Å²) < 4.78 is 7.45. The van der Waals surface area contributed by atoms with Crippen LogP contribution in [0.3, 0.4) is 0 Å². The van der Waals surface area contributed by atoms with Crippen molar-refractivity contribution in [2.45, 2.75) is 25.4 Å². The summed E-state index contributed by atoms with van der Waals surface area (Å²) in [6.45, 7) is 0.902. The Morgan fingerprint density at radius 1 is 1.58 bits per heavy atom. The van der Waals surface area contributed by atoms with Gasteiger partial charge in [0.15, 0.2) is 0 Å². The third-order valence-corrected chi connectivity index (χ3v) is 2.28. The summed E-state index contributed by atoms with van der Waals surface area (Å²) >= 11 is 0. The van der Waals surface area contributed by atoms with Crippen LogP contribution in [0.5, 0.6) is 0 Å². The highest BCUT2D eigenvalue weighted by Crippen LogP contribution is 2.26. The fourth-order valence-corrected chi connectivity index (χ4v) is 1.61. The Morgan fingerprint density at radius 2 is 2.50 bits per heavy atom. The Kier molecular flexibility index (Phi) is 2.13. The first-order valence-corrected chi connectivity index (χ1v) is 4.46. The van der Waals surface area contributed by atoms with Gasteiger partial charge in [0.25, 0.3) is 0 Å². The number of hydrogen-bond donors (Lipinski definition) is 0. The summed E-state index contributed by atoms with van der Waals surface area (Å²) in [5, 5.41) is 4.13. The van der Waals surface area contributed by atoms with E-state index in [2.05, 4.69) is 5.10 Å². The zero-order valence-corrected chi connectivity index (χ0v) is 7.36. The maximum atomic E-state index is 5.62. The van der Waals surface area contributed by atoms with Gasteiger partial charge in [-0.05, 0) is 19.3 Å². The summed E-state index contributed by atoms with van der Waals surface area (Å²) in [6, 6.07) is 0. The second-order valence-corrected chi connectivity index (χ2v) is 3.30. The SMILES string of the molecule is Cn1cc(C2CCCCO2)cn1. The number of rotatable bonds is 1. The predicted octanol–water partition coefficient (Wildman–Crippen LogP) is 1.66. The molecule has 1 aromatic rings. The van der Waals surface area contributed by atoms with E-state index in [9.17, 15) is 0 Å². The van der Waals surface area contributed by atoms with Gasteiger partial charge in [-0.25, -0.2) is 0 Å². The first-order chi connectivity index (χ1) is 5.86. The molecule has 1 aliphatic heterocycles. The van der Waals surface area contributed by atoms with Gasteiger partial charge >= 0.3 is 0 Å². The highest BCUT2D eigenvalue weighted by atomic mass is 16.5. The Hall–Kier alpha value is -0.830. The fraction of sp³-hybridized carbons (Fsp3) is 0.667. The molecule has 0 aromatic carbocycles. The van der Waals surface area contributed by atoms with Gasteiger partial charge in [0.05, 0.1) is 12.3 Å². The van der Waals surface area contributed by atoms with Crippen molar-refractivity contribution in [1.29, 1.82) is 0 Å². The first-order valence-electron chi connectivity index (χ1n) is 4.46. The fourth-order valence-electron chi connectivity index (χ4n) is 1.61. The van der Waals surface area contributed by atoms with E-state index in [1.807, 2.05) is 24.1 Å². The Morgan fingerprint density at radius 3 is 3.08 bits per heavy atom. The summed E-state index contributed by atoms with van der Waals surface area (Å²) in [4.78, 5) is 0. The van der Waals surface area contributed by atoms with Gasteiger partial charge in [-0.1, -0.05) is 0 Å². The van der Waals surface area contributed by atoms with Crippen LogP contribution in [0.2, 0.25) is 0 Å². The van der Waals surface area contributed by atoms with Crippen molar-refractivity contribution in [2.75, 3.05) is 6.61 Å². The van der Waals surface area contributed by atoms with Crippen LogP contribution in [0.4, 0.5) is 0 Å². The zero-order valence-electron chi connectivity index (χ0n) is 7.36. The summed E-state index contributed by atoms with van der Waals surface area (Å²) in [7, 11) is 1.94. The number of aromatic nitrogens is 2. The van der Waals surface area contributed by atoms with E-state index in [4.69, 9.17) is 4.74 Å². The lowest BCUT2D eigenvalue weighted by Crippen LogP contribution is -2.10. The van der Waals surface area contributed by atoms with Gasteiger partial charge in [0.1, 0.15) is 0 Å². The largest absolute Gasteiger partial charge is 0.373 e. The molecule has 0 aliphatic carbocycles. The number of ether oxygens (including phenoxy) is 1. The van der Waals surface area contributed by atoms with E-state index in [1.165, 1.54) is 18.4 Å². The average molecular weight is 166 g/mol. The molecule has 1 saturated heterocycles. The minimum absolute atomic E-state index is 0.299. The lowest BCUT2D eigenvalue weighted by atomic mass is 10.0. The maximum Gasteiger partial charge on any atom is 0.0855 e. The smallest absolute Gasteiger partial charge is 0.0855 e. The molecule has 0 spiro atoms. The van der Waals surface area contributed by atoms with Crippen molar-refractivity contribution in [3.8, 4) is 0 Å². The first kappa shape index (κ1) is 7.80. The summed E-state index contributed by atoms with van der Waals surface area (Å²) in [6.07, 6.45) is 7.86. The molecular weight excluding hydrogens is 152 g/mol. The molecule has 1 fully saturated rings. The van der Waals surface area contributed by atoms with Crippen LogP contribution in [-0.2, 0) is 11.8 Å². The van der Waals surface area contributed by atoms with Gasteiger partial charge in [0, 0.05) is 25.4 Å². The van der Waals surface area contributed by atoms with Crippen LogP contribution in [0.25, 0.3) is 0 Å². The zero-order chi connectivity index (χ0) is 8.39. The second-order valence-electron chi connectivity index (χ2n) is 3.30. The van der Waals surface area contributed by atoms with E-state index in [0.29, 0.717) is 6.10 Å². The highest BCUT2D eigenvalue weighted by Gasteiger charge is 2.16. The van der Waals surface area contributed by atoms with Crippen molar-refractivity contribution < 1.29 is 4.74 Å². The minimum atomic E-state index is 0.299. The van der Waals surface area contributed by atoms with Crippen LogP contribution >= 0.6 is 0 Å². The van der Waals surface area contributed by atoms with Gasteiger partial charge in [0.2, 0.25) is 0 Å². The second kappa shape index (κ2) is 3.27. The van der Waals surface area contributed by atoms with Crippen molar-refractivity contribution in [1.82, 2.24) is 9.78 Å². The number of aryl methyl sites for hydroxylation is 1. The molecule has 2 heterocycles. The lowest BCUT2D eigenvalue weighted by molar-refractivity contribution is 0.0149. The highest BCUT2D eigenvalue weighted by molar-refractivity contribution is 5.08. The number of hydrogen-bond acceptors (Lipinski definition) is 2. The van der Waals surface area contributed by atoms with Crippen LogP contribution in [0, 0.1) is 0 Å². The maximum absolute atomic E-state index is 5.62. The van der Waals surface area contributed by atoms with Crippen LogP contribution < -0.4 is 0 Å². The molecule has 66 valence electrons. The lowest BCUT2D eigenvalue weighted by Gasteiger charge is -2.21. The predicted molar refractivity (Wildman–Crippen MR) is 45.8 cm³/mol. The normalized spacial score (nSPS) is 24.2. The van der Waals surface area contributed by atoms with Crippen molar-refractivity contribution in [3.05, 3.63) is 18.0 Å². The van der Waals surface area contributed by atoms with E-state index in [0.717, 1.165) is 13.0 Å². The van der Waals surface area contributed by atoms with E-state index < -0.39 is 0 Å². The molecule has 1 atom stereocenters. The summed E-state index contributed by atoms with van der Waals surface area (Å²) in [5.41, 5.74) is 1.22. The third-order valence-electron chi connectivity index (χ3n) is 2.28. The van der Waals surface area contributed by atoms with Crippen LogP contribution in [0.15, 0.2) is 12.4 Å². The average Bonchev–Trinajstić information content (AvgIpc) is 2.54. The van der Waals surface area contributed by atoms with Crippen LogP contribution in [0.1, 0.15) is 30.9 Å². The topological polar surface area (TPSA) is 27.1 Å². The van der Waals surface area contributed by atoms with E-state index in [-0.39, 0.29) is 0 Å². The minimum Gasteiger partial charge on any atom is -0.373 e. The standard InChI is InChI=1S/C9H14N2O/c1-11-7-8(6-10-11)9-4-2-3-5-12-9/h6-7,9H,2-5H2,1H3. The molecule has 0 N–H and O–H groups in total. The Bertz CT molecular complexity index is 251. The van der Waals surface area contributed by atoms with Gasteiger partial charge in [-0.15, -0.1) is 0 Å². The molecule has 0 saturated carbocycles. The molecule has 3 nitrogen and oxygen atoms in total. The molecule has 1 aliphatic rings. The molecule has 2 rings (SSSR count). The molecule has 3 heteroatoms. The van der Waals surface area contributed by atoms with Gasteiger partial charge in [-0.2, -0.15) is 5.10 Å². The van der Waals surface area contributed by atoms with Crippen LogP contribution in [-0.4, -0.2) is 16.4 Å². The Labute approximate surface area is 72.3 Å². The van der Waals surface area contributed by atoms with E-state index in [1.54, 1.807) is 0 Å². The molecule has 1 unspecified atom stereocenters. The molecule has 0 radical (unpaired) electrons. The molecular formula is C9H14N2O. The quantitative estimate of drug-likeness (QED) is 0.634. The van der Waals surface area contributed by atoms with Gasteiger partial charge < -0.3 is 4.74 Å².